The van der Waals surface area contributed by atoms with Crippen LogP contribution in [0.2, 0.25) is 0 Å². The molecule has 0 atom stereocenters. The lowest BCUT2D eigenvalue weighted by atomic mass is 10.2. The van der Waals surface area contributed by atoms with Gasteiger partial charge in [-0.3, -0.25) is 0 Å². The van der Waals surface area contributed by atoms with Crippen LogP contribution in [0.25, 0.3) is 11.0 Å². The number of furan rings is 1. The molecule has 14 heavy (non-hydrogen) atoms. The van der Waals surface area contributed by atoms with Gasteiger partial charge in [-0.1, -0.05) is 12.1 Å². The van der Waals surface area contributed by atoms with Crippen LogP contribution in [0.1, 0.15) is 6.42 Å². The van der Waals surface area contributed by atoms with Crippen LogP contribution in [0.3, 0.4) is 0 Å². The predicted octanol–water partition coefficient (Wildman–Crippen LogP) is 2.53. The summed E-state index contributed by atoms with van der Waals surface area (Å²) in [5.74, 6) is 0.579. The first-order valence-electron chi connectivity index (χ1n) is 4.31. The highest BCUT2D eigenvalue weighted by molar-refractivity contribution is 5.83. The molecule has 1 heterocycles. The van der Waals surface area contributed by atoms with Gasteiger partial charge in [-0.25, -0.2) is 0 Å². The Hall–Kier alpha value is -1.95. The maximum atomic E-state index is 8.34. The first-order chi connectivity index (χ1) is 6.92. The summed E-state index contributed by atoms with van der Waals surface area (Å²) in [7, 11) is 0. The third-order valence-electron chi connectivity index (χ3n) is 1.85. The Labute approximate surface area is 81.5 Å². The molecule has 0 N–H and O–H groups in total. The van der Waals surface area contributed by atoms with E-state index in [1.165, 1.54) is 0 Å². The van der Waals surface area contributed by atoms with Crippen molar-refractivity contribution in [2.24, 2.45) is 0 Å². The van der Waals surface area contributed by atoms with E-state index in [4.69, 9.17) is 14.4 Å². The fourth-order valence-electron chi connectivity index (χ4n) is 1.21. The van der Waals surface area contributed by atoms with Crippen LogP contribution in [0.4, 0.5) is 0 Å². The molecule has 3 heteroatoms. The monoisotopic (exact) mass is 186 g/mol. The highest BCUT2D eigenvalue weighted by Crippen LogP contribution is 2.26. The number of ether oxygens (including phenoxy) is 1. The van der Waals surface area contributed by atoms with Gasteiger partial charge in [-0.2, -0.15) is 5.26 Å². The Morgan fingerprint density at radius 3 is 3.14 bits per heavy atom. The summed E-state index contributed by atoms with van der Waals surface area (Å²) in [6, 6.07) is 9.55. The second-order valence-electron chi connectivity index (χ2n) is 2.79. The number of benzene rings is 1. The highest BCUT2D eigenvalue weighted by Gasteiger charge is 2.05. The van der Waals surface area contributed by atoms with E-state index in [9.17, 15) is 0 Å². The molecular formula is C11H8NO2. The number of fused-ring (bicyclic) bond motifs is 1. The molecule has 0 aliphatic rings. The molecule has 2 rings (SSSR count). The lowest BCUT2D eigenvalue weighted by Crippen LogP contribution is -1.94. The average Bonchev–Trinajstić information content (AvgIpc) is 2.63. The fourth-order valence-corrected chi connectivity index (χ4v) is 1.21. The van der Waals surface area contributed by atoms with Crippen LogP contribution in [0, 0.1) is 17.6 Å². The van der Waals surface area contributed by atoms with Crippen LogP contribution in [0.5, 0.6) is 5.75 Å². The van der Waals surface area contributed by atoms with Gasteiger partial charge in [-0.15, -0.1) is 0 Å². The quantitative estimate of drug-likeness (QED) is 0.692. The van der Waals surface area contributed by atoms with Crippen LogP contribution >= 0.6 is 0 Å². The third-order valence-corrected chi connectivity index (χ3v) is 1.85. The molecular weight excluding hydrogens is 178 g/mol. The lowest BCUT2D eigenvalue weighted by Gasteiger charge is -1.98. The van der Waals surface area contributed by atoms with Gasteiger partial charge in [0.25, 0.3) is 0 Å². The summed E-state index contributed by atoms with van der Waals surface area (Å²) in [6.45, 7) is 0.372. The molecule has 0 aliphatic carbocycles. The zero-order chi connectivity index (χ0) is 9.80. The third kappa shape index (κ3) is 1.55. The largest absolute Gasteiger partial charge is 0.488 e. The Morgan fingerprint density at radius 1 is 1.43 bits per heavy atom. The molecule has 0 saturated carbocycles. The lowest BCUT2D eigenvalue weighted by molar-refractivity contribution is 0.324. The topological polar surface area (TPSA) is 46.2 Å². The number of nitrogens with zero attached hydrogens (tertiary/aromatic N) is 1. The zero-order valence-electron chi connectivity index (χ0n) is 7.49. The molecule has 1 aromatic heterocycles. The second-order valence-corrected chi connectivity index (χ2v) is 2.79. The van der Waals surface area contributed by atoms with Crippen molar-refractivity contribution in [3.8, 4) is 11.8 Å². The average molecular weight is 186 g/mol. The minimum atomic E-state index is 0.368. The van der Waals surface area contributed by atoms with Gasteiger partial charge in [0.1, 0.15) is 12.2 Å². The van der Waals surface area contributed by atoms with Crippen molar-refractivity contribution in [1.29, 1.82) is 5.26 Å². The predicted molar refractivity (Wildman–Crippen MR) is 50.8 cm³/mol. The van der Waals surface area contributed by atoms with E-state index in [0.717, 1.165) is 11.0 Å². The Kier molecular flexibility index (Phi) is 2.37. The molecule has 2 aromatic rings. The zero-order valence-corrected chi connectivity index (χ0v) is 7.49. The van der Waals surface area contributed by atoms with E-state index in [1.54, 1.807) is 0 Å². The van der Waals surface area contributed by atoms with E-state index in [1.807, 2.05) is 30.3 Å². The highest BCUT2D eigenvalue weighted by atomic mass is 16.5. The molecule has 1 aromatic carbocycles. The van der Waals surface area contributed by atoms with Crippen molar-refractivity contribution in [2.75, 3.05) is 6.61 Å². The van der Waals surface area contributed by atoms with Gasteiger partial charge >= 0.3 is 0 Å². The van der Waals surface area contributed by atoms with Gasteiger partial charge < -0.3 is 9.15 Å². The van der Waals surface area contributed by atoms with Gasteiger partial charge in [0.15, 0.2) is 5.75 Å². The number of nitriles is 1. The van der Waals surface area contributed by atoms with Gasteiger partial charge in [0.05, 0.1) is 17.9 Å². The summed E-state index contributed by atoms with van der Waals surface area (Å²) >= 11 is 0. The Balaban J connectivity index is 2.22. The van der Waals surface area contributed by atoms with Gasteiger partial charge in [-0.05, 0) is 12.1 Å². The van der Waals surface area contributed by atoms with Crippen LogP contribution in [0.15, 0.2) is 28.7 Å². The molecule has 0 aliphatic heterocycles. The molecule has 69 valence electrons. The first kappa shape index (κ1) is 8.64. The normalized spacial score (nSPS) is 9.93. The number of rotatable bonds is 3. The minimum Gasteiger partial charge on any atom is -0.488 e. The smallest absolute Gasteiger partial charge is 0.216 e. The second kappa shape index (κ2) is 3.84. The van der Waals surface area contributed by atoms with Crippen molar-refractivity contribution >= 4 is 11.0 Å². The van der Waals surface area contributed by atoms with Crippen molar-refractivity contribution in [1.82, 2.24) is 0 Å². The minimum absolute atomic E-state index is 0.368. The van der Waals surface area contributed by atoms with Crippen molar-refractivity contribution < 1.29 is 9.15 Å². The Bertz CT molecular complexity index is 467. The van der Waals surface area contributed by atoms with Gasteiger partial charge in [0.2, 0.25) is 6.26 Å². The molecule has 1 radical (unpaired) electrons. The summed E-state index contributed by atoms with van der Waals surface area (Å²) in [5.41, 5.74) is 0.749. The van der Waals surface area contributed by atoms with Crippen LogP contribution in [-0.4, -0.2) is 6.61 Å². The Morgan fingerprint density at radius 2 is 2.29 bits per heavy atom. The van der Waals surface area contributed by atoms with Crippen LogP contribution in [-0.2, 0) is 0 Å². The summed E-state index contributed by atoms with van der Waals surface area (Å²) < 4.78 is 10.5. The van der Waals surface area contributed by atoms with Crippen molar-refractivity contribution in [3.05, 3.63) is 30.5 Å². The molecule has 3 nitrogen and oxygen atoms in total. The molecule has 0 amide bonds. The van der Waals surface area contributed by atoms with Crippen molar-refractivity contribution in [2.45, 2.75) is 6.42 Å². The molecule has 0 spiro atoms. The van der Waals surface area contributed by atoms with E-state index < -0.39 is 0 Å². The molecule has 0 saturated heterocycles. The number of hydrogen-bond acceptors (Lipinski definition) is 3. The summed E-state index contributed by atoms with van der Waals surface area (Å²) in [6.07, 6.45) is 3.03. The number of para-hydroxylation sites is 1. The number of hydrogen-bond donors (Lipinski definition) is 0. The van der Waals surface area contributed by atoms with Crippen molar-refractivity contribution in [3.63, 3.8) is 0 Å². The SMILES string of the molecule is N#CCCOc1[c]oc2ccccc12. The maximum absolute atomic E-state index is 8.34. The fraction of sp³-hybridized carbons (Fsp3) is 0.182. The van der Waals surface area contributed by atoms with E-state index in [2.05, 4.69) is 6.26 Å². The molecule has 0 fully saturated rings. The molecule has 0 bridgehead atoms. The van der Waals surface area contributed by atoms with Gasteiger partial charge in [0, 0.05) is 0 Å². The maximum Gasteiger partial charge on any atom is 0.216 e. The van der Waals surface area contributed by atoms with Crippen LogP contribution < -0.4 is 4.74 Å². The van der Waals surface area contributed by atoms with E-state index >= 15 is 0 Å². The summed E-state index contributed by atoms with van der Waals surface area (Å²) in [4.78, 5) is 0. The van der Waals surface area contributed by atoms with E-state index in [-0.39, 0.29) is 0 Å². The summed E-state index contributed by atoms with van der Waals surface area (Å²) in [5, 5.41) is 9.24. The first-order valence-corrected chi connectivity index (χ1v) is 4.31. The standard InChI is InChI=1S/C11H8NO2/c12-6-3-7-13-11-8-14-10-5-2-1-4-9(10)11/h1-2,4-5H,3,7H2. The molecule has 0 unspecified atom stereocenters. The van der Waals surface area contributed by atoms with E-state index in [0.29, 0.717) is 18.8 Å².